The van der Waals surface area contributed by atoms with Crippen LogP contribution in [0.5, 0.6) is 5.75 Å². The number of rotatable bonds is 6. The summed E-state index contributed by atoms with van der Waals surface area (Å²) in [5.74, 6) is 0.807. The number of ether oxygens (including phenoxy) is 1. The van der Waals surface area contributed by atoms with Crippen LogP contribution < -0.4 is 10.1 Å². The second kappa shape index (κ2) is 7.85. The highest BCUT2D eigenvalue weighted by molar-refractivity contribution is 7.98. The zero-order valence-corrected chi connectivity index (χ0v) is 14.7. The molecule has 0 fully saturated rings. The van der Waals surface area contributed by atoms with Crippen LogP contribution in [-0.2, 0) is 0 Å². The minimum absolute atomic E-state index is 0.0587. The average Bonchev–Trinajstić information content (AvgIpc) is 3.11. The Kier molecular flexibility index (Phi) is 5.35. The molecule has 0 saturated heterocycles. The van der Waals surface area contributed by atoms with Gasteiger partial charge in [-0.1, -0.05) is 11.2 Å². The molecule has 0 unspecified atom stereocenters. The van der Waals surface area contributed by atoms with Crippen LogP contribution in [0.3, 0.4) is 0 Å². The maximum absolute atomic E-state index is 12.3. The molecule has 1 heterocycles. The number of hydrogen-bond acceptors (Lipinski definition) is 6. The number of thioether (sulfide) groups is 1. The molecule has 128 valence electrons. The minimum Gasteiger partial charge on any atom is -0.494 e. The fourth-order valence-corrected chi connectivity index (χ4v) is 2.64. The summed E-state index contributed by atoms with van der Waals surface area (Å²) in [6.45, 7) is 2.53. The zero-order valence-electron chi connectivity index (χ0n) is 13.9. The molecule has 0 aliphatic heterocycles. The first-order valence-corrected chi connectivity index (χ1v) is 8.94. The van der Waals surface area contributed by atoms with Crippen LogP contribution in [0, 0.1) is 0 Å². The molecule has 6 nitrogen and oxygen atoms in total. The van der Waals surface area contributed by atoms with Crippen LogP contribution in [0.25, 0.3) is 11.5 Å². The Morgan fingerprint density at radius 2 is 2.00 bits per heavy atom. The van der Waals surface area contributed by atoms with Crippen molar-refractivity contribution in [3.63, 3.8) is 0 Å². The summed E-state index contributed by atoms with van der Waals surface area (Å²) in [5.41, 5.74) is 1.29. The third-order valence-corrected chi connectivity index (χ3v) is 4.11. The number of amides is 1. The predicted molar refractivity (Wildman–Crippen MR) is 97.1 cm³/mol. The van der Waals surface area contributed by atoms with Crippen LogP contribution in [0.1, 0.15) is 17.3 Å². The van der Waals surface area contributed by atoms with Gasteiger partial charge in [-0.05, 0) is 55.6 Å². The third-order valence-electron chi connectivity index (χ3n) is 3.39. The molecule has 3 rings (SSSR count). The van der Waals surface area contributed by atoms with Crippen molar-refractivity contribution < 1.29 is 13.9 Å². The van der Waals surface area contributed by atoms with Gasteiger partial charge in [0.05, 0.1) is 6.61 Å². The van der Waals surface area contributed by atoms with E-state index in [2.05, 4.69) is 15.5 Å². The van der Waals surface area contributed by atoms with E-state index >= 15 is 0 Å². The minimum atomic E-state index is -0.294. The van der Waals surface area contributed by atoms with Gasteiger partial charge in [0.15, 0.2) is 0 Å². The van der Waals surface area contributed by atoms with E-state index in [1.165, 1.54) is 0 Å². The van der Waals surface area contributed by atoms with E-state index in [1.807, 2.05) is 55.6 Å². The van der Waals surface area contributed by atoms with Crippen LogP contribution in [0.15, 0.2) is 57.8 Å². The van der Waals surface area contributed by atoms with E-state index in [-0.39, 0.29) is 11.9 Å². The van der Waals surface area contributed by atoms with E-state index in [9.17, 15) is 4.79 Å². The SMILES string of the molecule is CCOc1ccc(-c2nnc(NC(=O)c3cccc(SC)c3)o2)cc1. The van der Waals surface area contributed by atoms with E-state index in [1.54, 1.807) is 17.8 Å². The molecule has 3 aromatic rings. The number of carbonyl (C=O) groups is 1. The van der Waals surface area contributed by atoms with Gasteiger partial charge in [-0.3, -0.25) is 10.1 Å². The molecule has 0 radical (unpaired) electrons. The molecule has 2 aromatic carbocycles. The monoisotopic (exact) mass is 355 g/mol. The molecule has 7 heteroatoms. The molecule has 1 N–H and O–H groups in total. The Morgan fingerprint density at radius 3 is 2.72 bits per heavy atom. The predicted octanol–water partition coefficient (Wildman–Crippen LogP) is 4.11. The number of aromatic nitrogens is 2. The average molecular weight is 355 g/mol. The lowest BCUT2D eigenvalue weighted by Crippen LogP contribution is -2.12. The lowest BCUT2D eigenvalue weighted by Gasteiger charge is -2.03. The molecule has 0 aliphatic rings. The molecule has 0 spiro atoms. The fourth-order valence-electron chi connectivity index (χ4n) is 2.18. The lowest BCUT2D eigenvalue weighted by atomic mass is 10.2. The van der Waals surface area contributed by atoms with Crippen molar-refractivity contribution in [2.45, 2.75) is 11.8 Å². The number of nitrogens with zero attached hydrogens (tertiary/aromatic N) is 2. The van der Waals surface area contributed by atoms with Crippen molar-refractivity contribution >= 4 is 23.7 Å². The van der Waals surface area contributed by atoms with E-state index in [0.29, 0.717) is 18.1 Å². The second-order valence-electron chi connectivity index (χ2n) is 5.06. The van der Waals surface area contributed by atoms with Gasteiger partial charge >= 0.3 is 6.01 Å². The topological polar surface area (TPSA) is 77.3 Å². The van der Waals surface area contributed by atoms with Crippen molar-refractivity contribution in [2.75, 3.05) is 18.2 Å². The van der Waals surface area contributed by atoms with Crippen molar-refractivity contribution in [3.05, 3.63) is 54.1 Å². The van der Waals surface area contributed by atoms with Gasteiger partial charge in [-0.2, -0.15) is 0 Å². The van der Waals surface area contributed by atoms with Crippen molar-refractivity contribution in [2.24, 2.45) is 0 Å². The first-order valence-electron chi connectivity index (χ1n) is 7.71. The molecular weight excluding hydrogens is 338 g/mol. The van der Waals surface area contributed by atoms with Crippen LogP contribution in [0.2, 0.25) is 0 Å². The first-order chi connectivity index (χ1) is 12.2. The summed E-state index contributed by atoms with van der Waals surface area (Å²) < 4.78 is 10.9. The molecule has 0 saturated carbocycles. The first kappa shape index (κ1) is 17.0. The summed E-state index contributed by atoms with van der Waals surface area (Å²) >= 11 is 1.57. The molecule has 25 heavy (non-hydrogen) atoms. The summed E-state index contributed by atoms with van der Waals surface area (Å²) in [4.78, 5) is 13.3. The van der Waals surface area contributed by atoms with Gasteiger partial charge in [-0.25, -0.2) is 0 Å². The molecule has 0 atom stereocenters. The molecular formula is C18H17N3O3S. The Balaban J connectivity index is 1.71. The Morgan fingerprint density at radius 1 is 1.20 bits per heavy atom. The normalized spacial score (nSPS) is 10.5. The van der Waals surface area contributed by atoms with Gasteiger partial charge in [0, 0.05) is 16.0 Å². The lowest BCUT2D eigenvalue weighted by molar-refractivity contribution is 0.102. The van der Waals surface area contributed by atoms with Gasteiger partial charge in [0.2, 0.25) is 5.89 Å². The summed E-state index contributed by atoms with van der Waals surface area (Å²) in [7, 11) is 0. The summed E-state index contributed by atoms with van der Waals surface area (Å²) in [6, 6.07) is 14.7. The number of carbonyl (C=O) groups excluding carboxylic acids is 1. The van der Waals surface area contributed by atoms with Crippen LogP contribution in [0.4, 0.5) is 6.01 Å². The van der Waals surface area contributed by atoms with Crippen molar-refractivity contribution in [1.29, 1.82) is 0 Å². The fraction of sp³-hybridized carbons (Fsp3) is 0.167. The van der Waals surface area contributed by atoms with E-state index in [0.717, 1.165) is 16.2 Å². The van der Waals surface area contributed by atoms with Gasteiger partial charge in [-0.15, -0.1) is 16.9 Å². The maximum Gasteiger partial charge on any atom is 0.322 e. The number of anilines is 1. The maximum atomic E-state index is 12.3. The molecule has 0 bridgehead atoms. The summed E-state index contributed by atoms with van der Waals surface area (Å²) in [6.07, 6.45) is 1.96. The quantitative estimate of drug-likeness (QED) is 0.671. The number of nitrogens with one attached hydrogen (secondary N) is 1. The van der Waals surface area contributed by atoms with Crippen LogP contribution >= 0.6 is 11.8 Å². The van der Waals surface area contributed by atoms with E-state index in [4.69, 9.17) is 9.15 Å². The molecule has 1 amide bonds. The zero-order chi connectivity index (χ0) is 17.6. The number of benzene rings is 2. The second-order valence-corrected chi connectivity index (χ2v) is 5.94. The Bertz CT molecular complexity index is 862. The smallest absolute Gasteiger partial charge is 0.322 e. The van der Waals surface area contributed by atoms with Crippen molar-refractivity contribution in [1.82, 2.24) is 10.2 Å². The Hall–Kier alpha value is -2.80. The largest absolute Gasteiger partial charge is 0.494 e. The molecule has 0 aliphatic carbocycles. The highest BCUT2D eigenvalue weighted by Crippen LogP contribution is 2.23. The van der Waals surface area contributed by atoms with Gasteiger partial charge < -0.3 is 9.15 Å². The van der Waals surface area contributed by atoms with Gasteiger partial charge in [0.1, 0.15) is 5.75 Å². The van der Waals surface area contributed by atoms with Crippen LogP contribution in [-0.4, -0.2) is 29.0 Å². The third kappa shape index (κ3) is 4.19. The highest BCUT2D eigenvalue weighted by atomic mass is 32.2. The van der Waals surface area contributed by atoms with Gasteiger partial charge in [0.25, 0.3) is 5.91 Å². The summed E-state index contributed by atoms with van der Waals surface area (Å²) in [5, 5.41) is 10.5. The molecule has 1 aromatic heterocycles. The van der Waals surface area contributed by atoms with Crippen molar-refractivity contribution in [3.8, 4) is 17.2 Å². The standard InChI is InChI=1S/C18H17N3O3S/c1-3-23-14-9-7-12(8-10-14)17-20-21-18(24-17)19-16(22)13-5-4-6-15(11-13)25-2/h4-11H,3H2,1-2H3,(H,19,21,22). The highest BCUT2D eigenvalue weighted by Gasteiger charge is 2.13. The Labute approximate surface area is 149 Å². The number of hydrogen-bond donors (Lipinski definition) is 1. The van der Waals surface area contributed by atoms with E-state index < -0.39 is 0 Å².